The maximum atomic E-state index is 11.8. The molecule has 0 radical (unpaired) electrons. The van der Waals surface area contributed by atoms with Crippen LogP contribution in [0.1, 0.15) is 12.8 Å². The Labute approximate surface area is 117 Å². The Morgan fingerprint density at radius 2 is 1.90 bits per heavy atom. The minimum atomic E-state index is -3.89. The van der Waals surface area contributed by atoms with Crippen LogP contribution in [-0.4, -0.2) is 33.4 Å². The minimum Gasteiger partial charge on any atom is -0.468 e. The minimum absolute atomic E-state index is 0.00279. The third kappa shape index (κ3) is 4.63. The van der Waals surface area contributed by atoms with E-state index in [1.54, 1.807) is 18.2 Å². The van der Waals surface area contributed by atoms with Crippen LogP contribution in [0.15, 0.2) is 35.2 Å². The van der Waals surface area contributed by atoms with Gasteiger partial charge in [-0.3, -0.25) is 9.59 Å². The van der Waals surface area contributed by atoms with Gasteiger partial charge in [-0.1, -0.05) is 18.2 Å². The van der Waals surface area contributed by atoms with Crippen LogP contribution in [-0.2, 0) is 24.3 Å². The fourth-order valence-corrected chi connectivity index (χ4v) is 2.45. The lowest BCUT2D eigenvalue weighted by molar-refractivity contribution is -0.142. The van der Waals surface area contributed by atoms with Crippen LogP contribution < -0.4 is 10.5 Å². The van der Waals surface area contributed by atoms with E-state index in [0.29, 0.717) is 0 Å². The number of hydrogen-bond acceptors (Lipinski definition) is 6. The average molecular weight is 300 g/mol. The smallest absolute Gasteiger partial charge is 0.322 e. The highest BCUT2D eigenvalue weighted by molar-refractivity contribution is 7.90. The van der Waals surface area contributed by atoms with Crippen LogP contribution in [0, 0.1) is 0 Å². The van der Waals surface area contributed by atoms with Gasteiger partial charge >= 0.3 is 5.97 Å². The molecular weight excluding hydrogens is 284 g/mol. The van der Waals surface area contributed by atoms with E-state index in [4.69, 9.17) is 5.73 Å². The van der Waals surface area contributed by atoms with Gasteiger partial charge in [-0.15, -0.1) is 0 Å². The summed E-state index contributed by atoms with van der Waals surface area (Å²) in [5, 5.41) is 0. The molecule has 0 saturated carbocycles. The summed E-state index contributed by atoms with van der Waals surface area (Å²) >= 11 is 0. The summed E-state index contributed by atoms with van der Waals surface area (Å²) in [6.45, 7) is 0. The van der Waals surface area contributed by atoms with Gasteiger partial charge < -0.3 is 10.5 Å². The lowest BCUT2D eigenvalue weighted by Crippen LogP contribution is -2.35. The van der Waals surface area contributed by atoms with Gasteiger partial charge in [0.2, 0.25) is 5.91 Å². The molecule has 7 nitrogen and oxygen atoms in total. The molecule has 1 aromatic rings. The monoisotopic (exact) mass is 300 g/mol. The van der Waals surface area contributed by atoms with E-state index >= 15 is 0 Å². The van der Waals surface area contributed by atoms with Gasteiger partial charge in [-0.25, -0.2) is 13.1 Å². The SMILES string of the molecule is COC(=O)[C@@H](N)CCC(=O)NS(=O)(=O)c1ccccc1. The summed E-state index contributed by atoms with van der Waals surface area (Å²) in [6.07, 6.45) is -0.189. The van der Waals surface area contributed by atoms with Gasteiger partial charge in [0.25, 0.3) is 10.0 Å². The molecule has 1 amide bonds. The fourth-order valence-electron chi connectivity index (χ4n) is 1.42. The highest BCUT2D eigenvalue weighted by Gasteiger charge is 2.19. The maximum absolute atomic E-state index is 11.8. The molecule has 8 heteroatoms. The number of esters is 1. The summed E-state index contributed by atoms with van der Waals surface area (Å²) < 4.78 is 30.0. The highest BCUT2D eigenvalue weighted by Crippen LogP contribution is 2.07. The standard InChI is InChI=1S/C12H16N2O5S/c1-19-12(16)10(13)7-8-11(15)14-20(17,18)9-5-3-2-4-6-9/h2-6,10H,7-8,13H2,1H3,(H,14,15)/t10-/m0/s1. The number of carbonyl (C=O) groups excluding carboxylic acids is 2. The largest absolute Gasteiger partial charge is 0.468 e. The number of nitrogens with one attached hydrogen (secondary N) is 1. The lowest BCUT2D eigenvalue weighted by Gasteiger charge is -2.09. The molecule has 1 rings (SSSR count). The molecule has 1 aromatic carbocycles. The summed E-state index contributed by atoms with van der Waals surface area (Å²) in [5.74, 6) is -1.38. The van der Waals surface area contributed by atoms with Crippen molar-refractivity contribution in [3.8, 4) is 0 Å². The van der Waals surface area contributed by atoms with Crippen molar-refractivity contribution in [2.45, 2.75) is 23.8 Å². The molecule has 0 heterocycles. The van der Waals surface area contributed by atoms with E-state index in [1.807, 2.05) is 4.72 Å². The third-order valence-electron chi connectivity index (χ3n) is 2.49. The Kier molecular flexibility index (Phi) is 5.66. The number of rotatable bonds is 6. The Morgan fingerprint density at radius 1 is 1.30 bits per heavy atom. The molecule has 0 bridgehead atoms. The van der Waals surface area contributed by atoms with Crippen molar-refractivity contribution in [3.05, 3.63) is 30.3 Å². The van der Waals surface area contributed by atoms with Crippen molar-refractivity contribution in [2.75, 3.05) is 7.11 Å². The van der Waals surface area contributed by atoms with Crippen LogP contribution in [0.4, 0.5) is 0 Å². The predicted octanol–water partition coefficient (Wildman–Crippen LogP) is -0.228. The molecule has 3 N–H and O–H groups in total. The molecule has 0 unspecified atom stereocenters. The summed E-state index contributed by atoms with van der Waals surface area (Å²) in [5.41, 5.74) is 5.45. The Bertz CT molecular complexity index is 571. The molecule has 20 heavy (non-hydrogen) atoms. The molecule has 0 aliphatic heterocycles. The number of hydrogen-bond donors (Lipinski definition) is 2. The number of methoxy groups -OCH3 is 1. The summed E-state index contributed by atoms with van der Waals surface area (Å²) in [7, 11) is -2.71. The lowest BCUT2D eigenvalue weighted by atomic mass is 10.2. The zero-order valence-electron chi connectivity index (χ0n) is 10.9. The van der Waals surface area contributed by atoms with Gasteiger partial charge in [0.05, 0.1) is 12.0 Å². The molecule has 0 saturated heterocycles. The second-order valence-electron chi connectivity index (χ2n) is 4.01. The number of amides is 1. The van der Waals surface area contributed by atoms with Crippen molar-refractivity contribution in [3.63, 3.8) is 0 Å². The first-order chi connectivity index (χ1) is 9.36. The maximum Gasteiger partial charge on any atom is 0.322 e. The number of ether oxygens (including phenoxy) is 1. The molecule has 0 aromatic heterocycles. The number of nitrogens with two attached hydrogens (primary N) is 1. The first kappa shape index (κ1) is 16.1. The van der Waals surface area contributed by atoms with Gasteiger partial charge in [-0.2, -0.15) is 0 Å². The van der Waals surface area contributed by atoms with Crippen molar-refractivity contribution in [2.24, 2.45) is 5.73 Å². The average Bonchev–Trinajstić information content (AvgIpc) is 2.44. The van der Waals surface area contributed by atoms with E-state index in [0.717, 1.165) is 0 Å². The predicted molar refractivity (Wildman–Crippen MR) is 71.0 cm³/mol. The van der Waals surface area contributed by atoms with Gasteiger partial charge in [0, 0.05) is 6.42 Å². The molecule has 0 aliphatic carbocycles. The zero-order chi connectivity index (χ0) is 15.2. The summed E-state index contributed by atoms with van der Waals surface area (Å²) in [4.78, 5) is 22.6. The molecule has 110 valence electrons. The number of sulfonamides is 1. The van der Waals surface area contributed by atoms with E-state index in [1.165, 1.54) is 19.2 Å². The van der Waals surface area contributed by atoms with Crippen LogP contribution in [0.2, 0.25) is 0 Å². The molecule has 1 atom stereocenters. The third-order valence-corrected chi connectivity index (χ3v) is 3.88. The van der Waals surface area contributed by atoms with Crippen molar-refractivity contribution >= 4 is 21.9 Å². The second kappa shape index (κ2) is 7.01. The molecule has 0 fully saturated rings. The number of carbonyl (C=O) groups is 2. The second-order valence-corrected chi connectivity index (χ2v) is 5.69. The number of benzene rings is 1. The van der Waals surface area contributed by atoms with Crippen molar-refractivity contribution in [1.82, 2.24) is 4.72 Å². The van der Waals surface area contributed by atoms with Crippen LogP contribution in [0.5, 0.6) is 0 Å². The normalized spacial score (nSPS) is 12.5. The van der Waals surface area contributed by atoms with Gasteiger partial charge in [0.1, 0.15) is 6.04 Å². The van der Waals surface area contributed by atoms with Gasteiger partial charge in [0.15, 0.2) is 0 Å². The van der Waals surface area contributed by atoms with Crippen LogP contribution in [0.25, 0.3) is 0 Å². The van der Waals surface area contributed by atoms with Crippen molar-refractivity contribution in [1.29, 1.82) is 0 Å². The Balaban J connectivity index is 2.57. The molecule has 0 spiro atoms. The molecular formula is C12H16N2O5S. The fraction of sp³-hybridized carbons (Fsp3) is 0.333. The Hall–Kier alpha value is -1.93. The van der Waals surface area contributed by atoms with E-state index in [9.17, 15) is 18.0 Å². The van der Waals surface area contributed by atoms with E-state index in [-0.39, 0.29) is 17.7 Å². The Morgan fingerprint density at radius 3 is 2.45 bits per heavy atom. The van der Waals surface area contributed by atoms with Crippen LogP contribution >= 0.6 is 0 Å². The molecule has 0 aliphatic rings. The van der Waals surface area contributed by atoms with Gasteiger partial charge in [-0.05, 0) is 18.6 Å². The first-order valence-corrected chi connectivity index (χ1v) is 7.29. The van der Waals surface area contributed by atoms with E-state index in [2.05, 4.69) is 4.74 Å². The van der Waals surface area contributed by atoms with Crippen LogP contribution in [0.3, 0.4) is 0 Å². The topological polar surface area (TPSA) is 116 Å². The van der Waals surface area contributed by atoms with Crippen molar-refractivity contribution < 1.29 is 22.7 Å². The quantitative estimate of drug-likeness (QED) is 0.701. The van der Waals surface area contributed by atoms with E-state index < -0.39 is 27.9 Å². The highest BCUT2D eigenvalue weighted by atomic mass is 32.2. The first-order valence-electron chi connectivity index (χ1n) is 5.81. The zero-order valence-corrected chi connectivity index (χ0v) is 11.7. The summed E-state index contributed by atoms with van der Waals surface area (Å²) in [6, 6.07) is 6.55.